The second-order valence-electron chi connectivity index (χ2n) is 5.51. The van der Waals surface area contributed by atoms with E-state index in [1.165, 1.54) is 0 Å². The van der Waals surface area contributed by atoms with Crippen LogP contribution in [-0.2, 0) is 4.79 Å². The summed E-state index contributed by atoms with van der Waals surface area (Å²) in [6, 6.07) is 15.8. The van der Waals surface area contributed by atoms with E-state index in [0.29, 0.717) is 5.57 Å². The Morgan fingerprint density at radius 3 is 2.83 bits per heavy atom. The Hall–Kier alpha value is -2.46. The maximum atomic E-state index is 12.6. The highest BCUT2D eigenvalue weighted by atomic mass is 79.9. The highest BCUT2D eigenvalue weighted by molar-refractivity contribution is 9.10. The summed E-state index contributed by atoms with van der Waals surface area (Å²) in [5.74, 6) is 0.00559. The quantitative estimate of drug-likeness (QED) is 0.595. The predicted molar refractivity (Wildman–Crippen MR) is 97.2 cm³/mol. The molecule has 0 unspecified atom stereocenters. The lowest BCUT2D eigenvalue weighted by molar-refractivity contribution is -0.112. The standard InChI is InChI=1S/C19H13BrN2O/c1-22-17-8-7-14(20)11-15(17)16(19(22)23)10-13-5-2-4-12-6-3-9-21-18(12)13/h2-11H,1H3. The van der Waals surface area contributed by atoms with E-state index in [1.54, 1.807) is 18.1 Å². The Morgan fingerprint density at radius 1 is 1.13 bits per heavy atom. The first kappa shape index (κ1) is 14.2. The van der Waals surface area contributed by atoms with Gasteiger partial charge in [-0.1, -0.05) is 40.2 Å². The summed E-state index contributed by atoms with van der Waals surface area (Å²) < 4.78 is 0.960. The molecule has 2 aromatic carbocycles. The van der Waals surface area contributed by atoms with E-state index >= 15 is 0 Å². The maximum Gasteiger partial charge on any atom is 0.258 e. The summed E-state index contributed by atoms with van der Waals surface area (Å²) in [6.07, 6.45) is 3.71. The van der Waals surface area contributed by atoms with Gasteiger partial charge in [-0.15, -0.1) is 0 Å². The number of carbonyl (C=O) groups is 1. The third-order valence-corrected chi connectivity index (χ3v) is 4.60. The predicted octanol–water partition coefficient (Wildman–Crippen LogP) is 4.51. The van der Waals surface area contributed by atoms with Crippen LogP contribution in [0.5, 0.6) is 0 Å². The Balaban J connectivity index is 1.95. The molecule has 0 bridgehead atoms. The van der Waals surface area contributed by atoms with Crippen molar-refractivity contribution in [3.05, 3.63) is 70.3 Å². The maximum absolute atomic E-state index is 12.6. The molecule has 4 rings (SSSR count). The molecule has 3 nitrogen and oxygen atoms in total. The molecule has 1 aliphatic heterocycles. The summed E-state index contributed by atoms with van der Waals surface area (Å²) in [5.41, 5.74) is 4.42. The molecule has 23 heavy (non-hydrogen) atoms. The summed E-state index contributed by atoms with van der Waals surface area (Å²) in [7, 11) is 1.80. The SMILES string of the molecule is CN1C(=O)C(=Cc2cccc3cccnc23)c2cc(Br)ccc21. The van der Waals surface area contributed by atoms with Crippen molar-refractivity contribution in [3.63, 3.8) is 0 Å². The largest absolute Gasteiger partial charge is 0.311 e. The monoisotopic (exact) mass is 364 g/mol. The second kappa shape index (κ2) is 5.32. The van der Waals surface area contributed by atoms with Gasteiger partial charge in [0, 0.05) is 39.8 Å². The molecule has 0 fully saturated rings. The van der Waals surface area contributed by atoms with Crippen molar-refractivity contribution in [2.24, 2.45) is 0 Å². The first-order chi connectivity index (χ1) is 11.1. The summed E-state index contributed by atoms with van der Waals surface area (Å²) in [5, 5.41) is 1.06. The highest BCUT2D eigenvalue weighted by Crippen LogP contribution is 2.38. The number of fused-ring (bicyclic) bond motifs is 2. The smallest absolute Gasteiger partial charge is 0.258 e. The fourth-order valence-electron chi connectivity index (χ4n) is 2.96. The first-order valence-corrected chi connectivity index (χ1v) is 8.08. The number of anilines is 1. The number of nitrogens with zero attached hydrogens (tertiary/aromatic N) is 2. The topological polar surface area (TPSA) is 33.2 Å². The van der Waals surface area contributed by atoms with Gasteiger partial charge in [0.05, 0.1) is 11.2 Å². The minimum absolute atomic E-state index is 0.00559. The molecule has 0 saturated carbocycles. The molecular weight excluding hydrogens is 352 g/mol. The Morgan fingerprint density at radius 2 is 1.96 bits per heavy atom. The number of amides is 1. The molecule has 3 aromatic rings. The second-order valence-corrected chi connectivity index (χ2v) is 6.42. The van der Waals surface area contributed by atoms with Crippen molar-refractivity contribution in [1.29, 1.82) is 0 Å². The van der Waals surface area contributed by atoms with Gasteiger partial charge < -0.3 is 4.90 Å². The molecule has 2 heterocycles. The number of benzene rings is 2. The van der Waals surface area contributed by atoms with Crippen molar-refractivity contribution in [1.82, 2.24) is 4.98 Å². The molecule has 1 amide bonds. The van der Waals surface area contributed by atoms with E-state index in [-0.39, 0.29) is 5.91 Å². The lowest BCUT2D eigenvalue weighted by Gasteiger charge is -2.08. The van der Waals surface area contributed by atoms with Gasteiger partial charge in [-0.3, -0.25) is 9.78 Å². The zero-order valence-corrected chi connectivity index (χ0v) is 14.0. The van der Waals surface area contributed by atoms with Crippen LogP contribution in [0.4, 0.5) is 5.69 Å². The molecule has 0 aliphatic carbocycles. The number of pyridine rings is 1. The highest BCUT2D eigenvalue weighted by Gasteiger charge is 2.29. The number of carbonyl (C=O) groups excluding carboxylic acids is 1. The number of likely N-dealkylation sites (N-methyl/N-ethyl adjacent to an activating group) is 1. The van der Waals surface area contributed by atoms with Crippen molar-refractivity contribution in [2.45, 2.75) is 0 Å². The Labute approximate surface area is 142 Å². The fraction of sp³-hybridized carbons (Fsp3) is 0.0526. The first-order valence-electron chi connectivity index (χ1n) is 7.28. The van der Waals surface area contributed by atoms with Gasteiger partial charge in [0.15, 0.2) is 0 Å². The van der Waals surface area contributed by atoms with Gasteiger partial charge in [-0.05, 0) is 30.3 Å². The van der Waals surface area contributed by atoms with Crippen LogP contribution in [0.3, 0.4) is 0 Å². The van der Waals surface area contributed by atoms with Crippen LogP contribution in [0.1, 0.15) is 11.1 Å². The Kier molecular flexibility index (Phi) is 3.27. The van der Waals surface area contributed by atoms with Crippen molar-refractivity contribution in [2.75, 3.05) is 11.9 Å². The normalized spacial score (nSPS) is 15.5. The van der Waals surface area contributed by atoms with Crippen molar-refractivity contribution >= 4 is 50.1 Å². The molecule has 1 aliphatic rings. The molecule has 0 atom stereocenters. The average Bonchev–Trinajstić information content (AvgIpc) is 2.80. The number of halogens is 1. The molecule has 0 saturated heterocycles. The zero-order chi connectivity index (χ0) is 16.0. The fourth-order valence-corrected chi connectivity index (χ4v) is 3.32. The van der Waals surface area contributed by atoms with Gasteiger partial charge in [-0.25, -0.2) is 0 Å². The van der Waals surface area contributed by atoms with Crippen LogP contribution in [0.25, 0.3) is 22.6 Å². The average molecular weight is 365 g/mol. The number of para-hydroxylation sites is 1. The van der Waals surface area contributed by atoms with Crippen LogP contribution in [0.15, 0.2) is 59.2 Å². The van der Waals surface area contributed by atoms with Gasteiger partial charge in [-0.2, -0.15) is 0 Å². The third kappa shape index (κ3) is 2.26. The van der Waals surface area contributed by atoms with Crippen LogP contribution >= 0.6 is 15.9 Å². The van der Waals surface area contributed by atoms with Gasteiger partial charge in [0.1, 0.15) is 0 Å². The van der Waals surface area contributed by atoms with Crippen molar-refractivity contribution < 1.29 is 4.79 Å². The lowest BCUT2D eigenvalue weighted by Crippen LogP contribution is -2.20. The Bertz CT molecular complexity index is 973. The number of rotatable bonds is 1. The molecule has 0 spiro atoms. The number of hydrogen-bond acceptors (Lipinski definition) is 2. The summed E-state index contributed by atoms with van der Waals surface area (Å²) >= 11 is 3.49. The van der Waals surface area contributed by atoms with Crippen molar-refractivity contribution in [3.8, 4) is 0 Å². The lowest BCUT2D eigenvalue weighted by atomic mass is 10.0. The van der Waals surface area contributed by atoms with Crippen LogP contribution in [-0.4, -0.2) is 17.9 Å². The summed E-state index contributed by atoms with van der Waals surface area (Å²) in [4.78, 5) is 18.8. The van der Waals surface area contributed by atoms with E-state index in [2.05, 4.69) is 20.9 Å². The van der Waals surface area contributed by atoms with E-state index in [1.807, 2.05) is 54.6 Å². The van der Waals surface area contributed by atoms with Gasteiger partial charge in [0.2, 0.25) is 0 Å². The van der Waals surface area contributed by atoms with Gasteiger partial charge in [0.25, 0.3) is 5.91 Å². The van der Waals surface area contributed by atoms with Crippen LogP contribution < -0.4 is 4.90 Å². The van der Waals surface area contributed by atoms with E-state index in [4.69, 9.17) is 0 Å². The van der Waals surface area contributed by atoms with E-state index in [9.17, 15) is 4.79 Å². The van der Waals surface area contributed by atoms with E-state index < -0.39 is 0 Å². The molecule has 112 valence electrons. The van der Waals surface area contributed by atoms with Crippen LogP contribution in [0, 0.1) is 0 Å². The third-order valence-electron chi connectivity index (χ3n) is 4.11. The summed E-state index contributed by atoms with van der Waals surface area (Å²) in [6.45, 7) is 0. The zero-order valence-electron chi connectivity index (χ0n) is 12.5. The minimum atomic E-state index is 0.00559. The van der Waals surface area contributed by atoms with Gasteiger partial charge >= 0.3 is 0 Å². The molecular formula is C19H13BrN2O. The minimum Gasteiger partial charge on any atom is -0.311 e. The molecule has 4 heteroatoms. The van der Waals surface area contributed by atoms with Crippen LogP contribution in [0.2, 0.25) is 0 Å². The van der Waals surface area contributed by atoms with E-state index in [0.717, 1.165) is 32.2 Å². The molecule has 0 N–H and O–H groups in total. The molecule has 0 radical (unpaired) electrons. The number of hydrogen-bond donors (Lipinski definition) is 0. The number of aromatic nitrogens is 1. The molecule has 1 aromatic heterocycles.